The van der Waals surface area contributed by atoms with Gasteiger partial charge >= 0.3 is 0 Å². The highest BCUT2D eigenvalue weighted by Crippen LogP contribution is 2.25. The van der Waals surface area contributed by atoms with Crippen molar-refractivity contribution in [3.8, 4) is 0 Å². The van der Waals surface area contributed by atoms with Gasteiger partial charge < -0.3 is 5.32 Å². The maximum absolute atomic E-state index is 3.78. The number of rotatable bonds is 3. The van der Waals surface area contributed by atoms with Crippen molar-refractivity contribution in [2.45, 2.75) is 71.4 Å². The highest BCUT2D eigenvalue weighted by Gasteiger charge is 2.24. The lowest BCUT2D eigenvalue weighted by Gasteiger charge is -2.35. The van der Waals surface area contributed by atoms with Gasteiger partial charge in [-0.1, -0.05) is 26.7 Å². The highest BCUT2D eigenvalue weighted by molar-refractivity contribution is 4.84. The van der Waals surface area contributed by atoms with Crippen molar-refractivity contribution in [3.05, 3.63) is 0 Å². The second-order valence-corrected chi connectivity index (χ2v) is 5.35. The first-order valence-corrected chi connectivity index (χ1v) is 5.81. The molecular weight excluding hydrogens is 158 g/mol. The van der Waals surface area contributed by atoms with Crippen molar-refractivity contribution >= 4 is 0 Å². The first-order chi connectivity index (χ1) is 6.03. The summed E-state index contributed by atoms with van der Waals surface area (Å²) in [5.41, 5.74) is 0.335. The Morgan fingerprint density at radius 2 is 2.00 bits per heavy atom. The third kappa shape index (κ3) is 3.68. The van der Waals surface area contributed by atoms with Crippen LogP contribution in [0.4, 0.5) is 0 Å². The Hall–Kier alpha value is -0.0400. The minimum atomic E-state index is 0.335. The van der Waals surface area contributed by atoms with E-state index in [2.05, 4.69) is 33.0 Å². The van der Waals surface area contributed by atoms with Gasteiger partial charge in [-0.25, -0.2) is 0 Å². The minimum absolute atomic E-state index is 0.335. The molecule has 1 heteroatoms. The van der Waals surface area contributed by atoms with Gasteiger partial charge in [-0.05, 0) is 39.0 Å². The average molecular weight is 183 g/mol. The van der Waals surface area contributed by atoms with E-state index < -0.39 is 0 Å². The fourth-order valence-corrected chi connectivity index (χ4v) is 2.22. The third-order valence-electron chi connectivity index (χ3n) is 3.42. The van der Waals surface area contributed by atoms with Crippen LogP contribution >= 0.6 is 0 Å². The molecule has 78 valence electrons. The van der Waals surface area contributed by atoms with E-state index in [-0.39, 0.29) is 0 Å². The van der Waals surface area contributed by atoms with E-state index in [1.54, 1.807) is 0 Å². The molecule has 1 nitrogen and oxygen atoms in total. The summed E-state index contributed by atoms with van der Waals surface area (Å²) >= 11 is 0. The van der Waals surface area contributed by atoms with E-state index in [0.29, 0.717) is 5.54 Å². The molecule has 0 bridgehead atoms. The summed E-state index contributed by atoms with van der Waals surface area (Å²) in [5.74, 6) is 0.930. The summed E-state index contributed by atoms with van der Waals surface area (Å²) in [4.78, 5) is 0. The molecule has 0 spiro atoms. The predicted octanol–water partition coefficient (Wildman–Crippen LogP) is 3.34. The second-order valence-electron chi connectivity index (χ2n) is 5.35. The van der Waals surface area contributed by atoms with E-state index >= 15 is 0 Å². The van der Waals surface area contributed by atoms with Crippen LogP contribution in [0.3, 0.4) is 0 Å². The van der Waals surface area contributed by atoms with Gasteiger partial charge in [-0.2, -0.15) is 0 Å². The fraction of sp³-hybridized carbons (Fsp3) is 1.00. The molecule has 1 rings (SSSR count). The Bertz CT molecular complexity index is 151. The first-order valence-electron chi connectivity index (χ1n) is 5.81. The molecule has 2 atom stereocenters. The lowest BCUT2D eigenvalue weighted by molar-refractivity contribution is 0.239. The molecule has 0 aromatic heterocycles. The molecule has 1 saturated carbocycles. The Balaban J connectivity index is 2.35. The van der Waals surface area contributed by atoms with Gasteiger partial charge in [0.15, 0.2) is 0 Å². The van der Waals surface area contributed by atoms with Crippen LogP contribution in [-0.2, 0) is 0 Å². The number of hydrogen-bond acceptors (Lipinski definition) is 1. The molecule has 0 aromatic rings. The Labute approximate surface area is 83.3 Å². The van der Waals surface area contributed by atoms with Crippen molar-refractivity contribution in [3.63, 3.8) is 0 Å². The maximum Gasteiger partial charge on any atom is 0.0125 e. The van der Waals surface area contributed by atoms with Crippen molar-refractivity contribution < 1.29 is 0 Å². The molecule has 0 aromatic carbocycles. The van der Waals surface area contributed by atoms with Gasteiger partial charge in [0, 0.05) is 11.6 Å². The van der Waals surface area contributed by atoms with Gasteiger partial charge in [0.05, 0.1) is 0 Å². The van der Waals surface area contributed by atoms with Gasteiger partial charge in [0.2, 0.25) is 0 Å². The summed E-state index contributed by atoms with van der Waals surface area (Å²) in [7, 11) is 0. The summed E-state index contributed by atoms with van der Waals surface area (Å²) < 4.78 is 0. The van der Waals surface area contributed by atoms with Crippen LogP contribution in [0, 0.1) is 5.92 Å². The van der Waals surface area contributed by atoms with E-state index in [1.165, 1.54) is 32.1 Å². The van der Waals surface area contributed by atoms with Crippen molar-refractivity contribution in [2.24, 2.45) is 5.92 Å². The Morgan fingerprint density at radius 3 is 2.54 bits per heavy atom. The van der Waals surface area contributed by atoms with Crippen molar-refractivity contribution in [1.82, 2.24) is 5.32 Å². The van der Waals surface area contributed by atoms with Crippen LogP contribution in [-0.4, -0.2) is 11.6 Å². The van der Waals surface area contributed by atoms with Crippen LogP contribution in [0.5, 0.6) is 0 Å². The number of hydrogen-bond donors (Lipinski definition) is 1. The number of nitrogens with one attached hydrogen (secondary N) is 1. The quantitative estimate of drug-likeness (QED) is 0.707. The van der Waals surface area contributed by atoms with E-state index in [9.17, 15) is 0 Å². The zero-order valence-electron chi connectivity index (χ0n) is 9.69. The molecule has 1 N–H and O–H groups in total. The zero-order chi connectivity index (χ0) is 9.90. The first kappa shape index (κ1) is 11.0. The SMILES string of the molecule is CCC(C)(C)NC1CCCC(C)C1. The molecule has 13 heavy (non-hydrogen) atoms. The van der Waals surface area contributed by atoms with Crippen molar-refractivity contribution in [2.75, 3.05) is 0 Å². The van der Waals surface area contributed by atoms with Gasteiger partial charge in [-0.3, -0.25) is 0 Å². The monoisotopic (exact) mass is 183 g/mol. The third-order valence-corrected chi connectivity index (χ3v) is 3.42. The Kier molecular flexibility index (Phi) is 3.78. The van der Waals surface area contributed by atoms with Gasteiger partial charge in [-0.15, -0.1) is 0 Å². The van der Waals surface area contributed by atoms with Crippen molar-refractivity contribution in [1.29, 1.82) is 0 Å². The summed E-state index contributed by atoms with van der Waals surface area (Å²) in [6.07, 6.45) is 6.83. The van der Waals surface area contributed by atoms with Gasteiger partial charge in [0.25, 0.3) is 0 Å². The van der Waals surface area contributed by atoms with E-state index in [4.69, 9.17) is 0 Å². The van der Waals surface area contributed by atoms with Crippen LogP contribution in [0.25, 0.3) is 0 Å². The lowest BCUT2D eigenvalue weighted by Crippen LogP contribution is -2.47. The summed E-state index contributed by atoms with van der Waals surface area (Å²) in [6.45, 7) is 9.27. The normalized spacial score (nSPS) is 30.5. The van der Waals surface area contributed by atoms with Crippen LogP contribution in [0.15, 0.2) is 0 Å². The zero-order valence-corrected chi connectivity index (χ0v) is 9.69. The summed E-state index contributed by atoms with van der Waals surface area (Å²) in [6, 6.07) is 0.777. The van der Waals surface area contributed by atoms with Crippen LogP contribution in [0.2, 0.25) is 0 Å². The lowest BCUT2D eigenvalue weighted by atomic mass is 9.85. The molecule has 1 aliphatic rings. The molecule has 0 amide bonds. The Morgan fingerprint density at radius 1 is 1.31 bits per heavy atom. The average Bonchev–Trinajstić information content (AvgIpc) is 2.03. The molecule has 0 radical (unpaired) electrons. The molecule has 0 saturated heterocycles. The van der Waals surface area contributed by atoms with Gasteiger partial charge in [0.1, 0.15) is 0 Å². The molecule has 0 aliphatic heterocycles. The smallest absolute Gasteiger partial charge is 0.0125 e. The molecule has 2 unspecified atom stereocenters. The maximum atomic E-state index is 3.78. The fourth-order valence-electron chi connectivity index (χ4n) is 2.22. The van der Waals surface area contributed by atoms with E-state index in [0.717, 1.165) is 12.0 Å². The summed E-state index contributed by atoms with van der Waals surface area (Å²) in [5, 5.41) is 3.78. The molecule has 0 heterocycles. The molecule has 1 aliphatic carbocycles. The molecule has 1 fully saturated rings. The largest absolute Gasteiger partial charge is 0.309 e. The van der Waals surface area contributed by atoms with Crippen LogP contribution < -0.4 is 5.32 Å². The van der Waals surface area contributed by atoms with Crippen LogP contribution in [0.1, 0.15) is 59.8 Å². The second kappa shape index (κ2) is 4.45. The standard InChI is InChI=1S/C12H25N/c1-5-12(3,4)13-11-8-6-7-10(2)9-11/h10-11,13H,5-9H2,1-4H3. The topological polar surface area (TPSA) is 12.0 Å². The highest BCUT2D eigenvalue weighted by atomic mass is 15.0. The molecular formula is C12H25N. The predicted molar refractivity (Wildman–Crippen MR) is 58.9 cm³/mol. The van der Waals surface area contributed by atoms with E-state index in [1.807, 2.05) is 0 Å². The minimum Gasteiger partial charge on any atom is -0.309 e.